The Morgan fingerprint density at radius 1 is 1.29 bits per heavy atom. The maximum Gasteiger partial charge on any atom is 0.150 e. The minimum Gasteiger partial charge on any atom is -0.397 e. The number of imidazole rings is 1. The molecule has 0 saturated carbocycles. The SMILES string of the molecule is C/C=C(/C)n1c(C)nc(C2=C(C)CC=NC=C2F)c1Nc1c(C)cccc1N. The van der Waals surface area contributed by atoms with Gasteiger partial charge in [-0.2, -0.15) is 0 Å². The normalized spacial score (nSPS) is 14.9. The van der Waals surface area contributed by atoms with Crippen molar-refractivity contribution in [3.05, 3.63) is 59.0 Å². The topological polar surface area (TPSA) is 68.2 Å². The molecule has 146 valence electrons. The van der Waals surface area contributed by atoms with Crippen LogP contribution in [-0.4, -0.2) is 15.8 Å². The van der Waals surface area contributed by atoms with E-state index in [4.69, 9.17) is 10.7 Å². The predicted octanol–water partition coefficient (Wildman–Crippen LogP) is 5.77. The molecule has 2 heterocycles. The van der Waals surface area contributed by atoms with Crippen molar-refractivity contribution in [2.24, 2.45) is 4.99 Å². The summed E-state index contributed by atoms with van der Waals surface area (Å²) in [5, 5.41) is 3.44. The van der Waals surface area contributed by atoms with Crippen molar-refractivity contribution in [1.29, 1.82) is 0 Å². The number of anilines is 3. The summed E-state index contributed by atoms with van der Waals surface area (Å²) in [4.78, 5) is 8.74. The lowest BCUT2D eigenvalue weighted by atomic mass is 10.0. The van der Waals surface area contributed by atoms with Gasteiger partial charge in [-0.25, -0.2) is 9.37 Å². The van der Waals surface area contributed by atoms with Crippen LogP contribution in [0.1, 0.15) is 44.3 Å². The van der Waals surface area contributed by atoms with E-state index in [9.17, 15) is 4.39 Å². The summed E-state index contributed by atoms with van der Waals surface area (Å²) in [6.07, 6.45) is 5.51. The highest BCUT2D eigenvalue weighted by Gasteiger charge is 2.24. The fourth-order valence-electron chi connectivity index (χ4n) is 3.36. The number of nitrogen functional groups attached to an aromatic ring is 1. The van der Waals surface area contributed by atoms with E-state index in [2.05, 4.69) is 10.3 Å². The second-order valence-corrected chi connectivity index (χ2v) is 6.95. The summed E-state index contributed by atoms with van der Waals surface area (Å²) in [7, 11) is 0. The third-order valence-corrected chi connectivity index (χ3v) is 4.96. The van der Waals surface area contributed by atoms with Gasteiger partial charge in [0.25, 0.3) is 0 Å². The molecular formula is C22H26FN5. The Kier molecular flexibility index (Phi) is 5.49. The molecule has 0 fully saturated rings. The molecule has 0 amide bonds. The lowest BCUT2D eigenvalue weighted by Crippen LogP contribution is -2.07. The summed E-state index contributed by atoms with van der Waals surface area (Å²) in [5.74, 6) is 1.06. The lowest BCUT2D eigenvalue weighted by Gasteiger charge is -2.18. The van der Waals surface area contributed by atoms with Crippen molar-refractivity contribution in [2.75, 3.05) is 11.1 Å². The van der Waals surface area contributed by atoms with Gasteiger partial charge in [-0.15, -0.1) is 0 Å². The zero-order valence-corrected chi connectivity index (χ0v) is 17.0. The van der Waals surface area contributed by atoms with Crippen LogP contribution in [0, 0.1) is 13.8 Å². The Bertz CT molecular complexity index is 1020. The van der Waals surface area contributed by atoms with Gasteiger partial charge in [0.2, 0.25) is 0 Å². The summed E-state index contributed by atoms with van der Waals surface area (Å²) in [5.41, 5.74) is 11.5. The number of nitrogens with two attached hydrogens (primary N) is 1. The van der Waals surface area contributed by atoms with Gasteiger partial charge in [0, 0.05) is 23.9 Å². The Labute approximate surface area is 165 Å². The van der Waals surface area contributed by atoms with E-state index in [1.807, 2.05) is 63.5 Å². The first kappa shape index (κ1) is 19.6. The molecule has 6 heteroatoms. The number of nitrogens with zero attached hydrogens (tertiary/aromatic N) is 3. The lowest BCUT2D eigenvalue weighted by molar-refractivity contribution is 0.669. The fourth-order valence-corrected chi connectivity index (χ4v) is 3.36. The molecule has 1 aromatic carbocycles. The highest BCUT2D eigenvalue weighted by atomic mass is 19.1. The van der Waals surface area contributed by atoms with E-state index in [1.165, 1.54) is 6.20 Å². The third kappa shape index (κ3) is 3.50. The van der Waals surface area contributed by atoms with Crippen LogP contribution in [0.25, 0.3) is 11.3 Å². The second kappa shape index (κ2) is 7.84. The molecule has 2 aromatic rings. The van der Waals surface area contributed by atoms with Crippen LogP contribution in [0.3, 0.4) is 0 Å². The van der Waals surface area contributed by atoms with Gasteiger partial charge < -0.3 is 11.1 Å². The molecular weight excluding hydrogens is 353 g/mol. The number of allylic oxidation sites excluding steroid dienone is 5. The molecule has 3 N–H and O–H groups in total. The smallest absolute Gasteiger partial charge is 0.150 e. The van der Waals surface area contributed by atoms with Crippen molar-refractivity contribution in [2.45, 2.75) is 41.0 Å². The predicted molar refractivity (Wildman–Crippen MR) is 116 cm³/mol. The Morgan fingerprint density at radius 2 is 2.04 bits per heavy atom. The summed E-state index contributed by atoms with van der Waals surface area (Å²) < 4.78 is 16.9. The van der Waals surface area contributed by atoms with E-state index < -0.39 is 5.83 Å². The summed E-state index contributed by atoms with van der Waals surface area (Å²) in [6.45, 7) is 9.76. The van der Waals surface area contributed by atoms with Crippen LogP contribution >= 0.6 is 0 Å². The zero-order chi connectivity index (χ0) is 20.4. The molecule has 1 aliphatic heterocycles. The standard InChI is InChI=1S/C22H26FN5/c1-6-15(4)28-16(5)26-21(19-13(2)10-11-25-12-17(19)23)22(28)27-20-14(3)8-7-9-18(20)24/h6-9,11-12,27H,10,24H2,1-5H3/b15-6-. The number of hydrogen-bond acceptors (Lipinski definition) is 4. The van der Waals surface area contributed by atoms with Crippen molar-refractivity contribution < 1.29 is 4.39 Å². The number of aryl methyl sites for hydroxylation is 2. The van der Waals surface area contributed by atoms with Crippen molar-refractivity contribution >= 4 is 34.7 Å². The zero-order valence-electron chi connectivity index (χ0n) is 17.0. The number of aliphatic imine (C=N–C) groups is 1. The molecule has 0 unspecified atom stereocenters. The Morgan fingerprint density at radius 3 is 2.71 bits per heavy atom. The fraction of sp³-hybridized carbons (Fsp3) is 0.273. The van der Waals surface area contributed by atoms with E-state index >= 15 is 0 Å². The summed E-state index contributed by atoms with van der Waals surface area (Å²) >= 11 is 0. The van der Waals surface area contributed by atoms with Gasteiger partial charge in [-0.3, -0.25) is 9.56 Å². The first-order valence-corrected chi connectivity index (χ1v) is 9.27. The first-order chi connectivity index (χ1) is 13.3. The molecule has 0 spiro atoms. The number of nitrogens with one attached hydrogen (secondary N) is 1. The molecule has 0 atom stereocenters. The van der Waals surface area contributed by atoms with Crippen molar-refractivity contribution in [1.82, 2.24) is 9.55 Å². The van der Waals surface area contributed by atoms with Gasteiger partial charge >= 0.3 is 0 Å². The maximum absolute atomic E-state index is 14.9. The van der Waals surface area contributed by atoms with Crippen LogP contribution in [-0.2, 0) is 0 Å². The van der Waals surface area contributed by atoms with E-state index in [0.29, 0.717) is 29.2 Å². The van der Waals surface area contributed by atoms with Crippen LogP contribution < -0.4 is 11.1 Å². The van der Waals surface area contributed by atoms with Crippen LogP contribution in [0.2, 0.25) is 0 Å². The van der Waals surface area contributed by atoms with Gasteiger partial charge in [0.15, 0.2) is 5.83 Å². The first-order valence-electron chi connectivity index (χ1n) is 9.27. The third-order valence-electron chi connectivity index (χ3n) is 4.96. The molecule has 0 aliphatic carbocycles. The van der Waals surface area contributed by atoms with Gasteiger partial charge in [0.05, 0.1) is 17.6 Å². The second-order valence-electron chi connectivity index (χ2n) is 6.95. The average molecular weight is 379 g/mol. The Balaban J connectivity index is 2.28. The number of benzene rings is 1. The van der Waals surface area contributed by atoms with E-state index in [1.54, 1.807) is 6.21 Å². The monoisotopic (exact) mass is 379 g/mol. The van der Waals surface area contributed by atoms with Crippen LogP contribution in [0.15, 0.2) is 46.9 Å². The van der Waals surface area contributed by atoms with Gasteiger partial charge in [-0.1, -0.05) is 23.8 Å². The van der Waals surface area contributed by atoms with Crippen LogP contribution in [0.4, 0.5) is 21.6 Å². The molecule has 1 aromatic heterocycles. The molecule has 3 rings (SSSR count). The number of hydrogen-bond donors (Lipinski definition) is 2. The highest BCUT2D eigenvalue weighted by molar-refractivity contribution is 5.89. The quantitative estimate of drug-likeness (QED) is 0.663. The molecule has 5 nitrogen and oxygen atoms in total. The van der Waals surface area contributed by atoms with E-state index in [-0.39, 0.29) is 0 Å². The highest BCUT2D eigenvalue weighted by Crippen LogP contribution is 2.38. The number of rotatable bonds is 4. The van der Waals surface area contributed by atoms with Crippen molar-refractivity contribution in [3.8, 4) is 0 Å². The van der Waals surface area contributed by atoms with Gasteiger partial charge in [0.1, 0.15) is 17.3 Å². The molecule has 1 aliphatic rings. The van der Waals surface area contributed by atoms with E-state index in [0.717, 1.165) is 28.3 Å². The van der Waals surface area contributed by atoms with Crippen molar-refractivity contribution in [3.63, 3.8) is 0 Å². The van der Waals surface area contributed by atoms with Gasteiger partial charge in [-0.05, 0) is 46.2 Å². The Hall–Kier alpha value is -3.15. The molecule has 0 saturated heterocycles. The molecule has 28 heavy (non-hydrogen) atoms. The summed E-state index contributed by atoms with van der Waals surface area (Å²) in [6, 6.07) is 5.74. The number of para-hydroxylation sites is 1. The largest absolute Gasteiger partial charge is 0.397 e. The average Bonchev–Trinajstić information content (AvgIpc) is 2.86. The minimum atomic E-state index is -0.394. The number of aromatic nitrogens is 2. The van der Waals surface area contributed by atoms with Crippen LogP contribution in [0.5, 0.6) is 0 Å². The molecule has 0 bridgehead atoms. The molecule has 0 radical (unpaired) electrons. The minimum absolute atomic E-state index is 0.394. The maximum atomic E-state index is 14.9. The number of halogens is 1.